The number of rotatable bonds is 9. The molecule has 4 nitrogen and oxygen atoms in total. The predicted molar refractivity (Wildman–Crippen MR) is 113 cm³/mol. The van der Waals surface area contributed by atoms with Crippen LogP contribution in [-0.4, -0.2) is 29.8 Å². The maximum Gasteiger partial charge on any atom is 0.239 e. The van der Waals surface area contributed by atoms with Crippen LogP contribution in [0.1, 0.15) is 30.9 Å². The van der Waals surface area contributed by atoms with Gasteiger partial charge in [0.2, 0.25) is 11.8 Å². The van der Waals surface area contributed by atoms with E-state index in [-0.39, 0.29) is 18.4 Å². The number of hydrogen-bond acceptors (Lipinski definition) is 2. The summed E-state index contributed by atoms with van der Waals surface area (Å²) in [5, 5.41) is 2.90. The molecular weight excluding hydrogens is 439 g/mol. The number of amides is 2. The molecule has 0 aliphatic rings. The van der Waals surface area contributed by atoms with Crippen molar-refractivity contribution in [3.63, 3.8) is 0 Å². The molecule has 0 aliphatic heterocycles. The van der Waals surface area contributed by atoms with Gasteiger partial charge in [0.15, 0.2) is 0 Å². The lowest BCUT2D eigenvalue weighted by molar-refractivity contribution is -0.136. The van der Waals surface area contributed by atoms with Gasteiger partial charge in [-0.05, 0) is 52.3 Å². The Hall–Kier alpha value is -1.89. The maximum absolute atomic E-state index is 12.8. The van der Waals surface area contributed by atoms with Crippen molar-refractivity contribution in [3.8, 4) is 0 Å². The second-order valence-corrected chi connectivity index (χ2v) is 7.49. The molecule has 0 fully saturated rings. The number of nitrogens with zero attached hydrogens (tertiary/aromatic N) is 1. The average Bonchev–Trinajstić information content (AvgIpc) is 2.62. The summed E-state index contributed by atoms with van der Waals surface area (Å²) >= 11 is 2.25. The normalized spacial score (nSPS) is 10.4. The lowest BCUT2D eigenvalue weighted by Gasteiger charge is -2.23. The summed E-state index contributed by atoms with van der Waals surface area (Å²) in [6.07, 6.45) is 2.27. The molecule has 0 unspecified atom stereocenters. The number of halogens is 1. The summed E-state index contributed by atoms with van der Waals surface area (Å²) in [5.74, 6) is -0.147. The summed E-state index contributed by atoms with van der Waals surface area (Å²) in [7, 11) is 0. The molecule has 0 atom stereocenters. The van der Waals surface area contributed by atoms with Crippen LogP contribution in [0.2, 0.25) is 0 Å². The first-order chi connectivity index (χ1) is 12.6. The van der Waals surface area contributed by atoms with Crippen LogP contribution in [-0.2, 0) is 22.6 Å². The molecule has 26 heavy (non-hydrogen) atoms. The maximum atomic E-state index is 12.8. The van der Waals surface area contributed by atoms with Crippen molar-refractivity contribution in [1.82, 2.24) is 10.2 Å². The SMILES string of the molecule is CCCCNC(=O)CN(Cc1cccc(I)c1)C(=O)Cc1ccccc1. The van der Waals surface area contributed by atoms with Crippen molar-refractivity contribution in [1.29, 1.82) is 0 Å². The summed E-state index contributed by atoms with van der Waals surface area (Å²) < 4.78 is 1.11. The molecule has 1 N–H and O–H groups in total. The van der Waals surface area contributed by atoms with Gasteiger partial charge in [-0.15, -0.1) is 0 Å². The molecule has 2 rings (SSSR count). The lowest BCUT2D eigenvalue weighted by atomic mass is 10.1. The number of benzene rings is 2. The van der Waals surface area contributed by atoms with Crippen LogP contribution in [0.5, 0.6) is 0 Å². The van der Waals surface area contributed by atoms with Crippen molar-refractivity contribution >= 4 is 34.4 Å². The zero-order valence-electron chi connectivity index (χ0n) is 15.1. The molecule has 0 saturated carbocycles. The smallest absolute Gasteiger partial charge is 0.239 e. The van der Waals surface area contributed by atoms with Gasteiger partial charge >= 0.3 is 0 Å². The van der Waals surface area contributed by atoms with Gasteiger partial charge in [-0.3, -0.25) is 9.59 Å². The molecule has 0 aliphatic carbocycles. The minimum absolute atomic E-state index is 0.0410. The fourth-order valence-electron chi connectivity index (χ4n) is 2.60. The topological polar surface area (TPSA) is 49.4 Å². The minimum atomic E-state index is -0.106. The number of carbonyl (C=O) groups excluding carboxylic acids is 2. The van der Waals surface area contributed by atoms with E-state index in [4.69, 9.17) is 0 Å². The molecule has 0 saturated heterocycles. The van der Waals surface area contributed by atoms with Gasteiger partial charge in [0.1, 0.15) is 0 Å². The third kappa shape index (κ3) is 7.15. The number of nitrogens with one attached hydrogen (secondary N) is 1. The van der Waals surface area contributed by atoms with Gasteiger partial charge in [0.25, 0.3) is 0 Å². The molecule has 5 heteroatoms. The Balaban J connectivity index is 2.06. The van der Waals surface area contributed by atoms with Crippen LogP contribution >= 0.6 is 22.6 Å². The Labute approximate surface area is 169 Å². The third-order valence-corrected chi connectivity index (χ3v) is 4.67. The number of carbonyl (C=O) groups is 2. The van der Waals surface area contributed by atoms with Crippen LogP contribution in [0.4, 0.5) is 0 Å². The third-order valence-electron chi connectivity index (χ3n) is 4.00. The summed E-state index contributed by atoms with van der Waals surface area (Å²) in [6, 6.07) is 17.6. The molecule has 0 radical (unpaired) electrons. The van der Waals surface area contributed by atoms with E-state index in [0.717, 1.165) is 27.5 Å². The summed E-state index contributed by atoms with van der Waals surface area (Å²) in [4.78, 5) is 26.7. The summed E-state index contributed by atoms with van der Waals surface area (Å²) in [6.45, 7) is 3.25. The highest BCUT2D eigenvalue weighted by Crippen LogP contribution is 2.12. The van der Waals surface area contributed by atoms with Crippen molar-refractivity contribution in [2.45, 2.75) is 32.7 Å². The Morgan fingerprint density at radius 2 is 1.77 bits per heavy atom. The van der Waals surface area contributed by atoms with E-state index in [0.29, 0.717) is 19.5 Å². The standard InChI is InChI=1S/C21H25IN2O2/c1-2-3-12-23-20(25)16-24(15-18-10-7-11-19(22)13-18)21(26)14-17-8-5-4-6-9-17/h4-11,13H,2-3,12,14-16H2,1H3,(H,23,25). The fourth-order valence-corrected chi connectivity index (χ4v) is 3.21. The lowest BCUT2D eigenvalue weighted by Crippen LogP contribution is -2.41. The first kappa shape index (κ1) is 20.4. The second kappa shape index (κ2) is 11.0. The van der Waals surface area contributed by atoms with Gasteiger partial charge in [0, 0.05) is 16.7 Å². The molecule has 0 heterocycles. The van der Waals surface area contributed by atoms with Crippen LogP contribution in [0, 0.1) is 3.57 Å². The quantitative estimate of drug-likeness (QED) is 0.454. The molecular formula is C21H25IN2O2. The first-order valence-corrected chi connectivity index (χ1v) is 9.99. The van der Waals surface area contributed by atoms with Crippen molar-refractivity contribution in [2.75, 3.05) is 13.1 Å². The van der Waals surface area contributed by atoms with E-state index in [1.807, 2.05) is 54.6 Å². The van der Waals surface area contributed by atoms with Gasteiger partial charge in [-0.2, -0.15) is 0 Å². The highest BCUT2D eigenvalue weighted by atomic mass is 127. The van der Waals surface area contributed by atoms with E-state index >= 15 is 0 Å². The zero-order chi connectivity index (χ0) is 18.8. The van der Waals surface area contributed by atoms with E-state index in [1.54, 1.807) is 4.90 Å². The highest BCUT2D eigenvalue weighted by Gasteiger charge is 2.18. The number of hydrogen-bond donors (Lipinski definition) is 1. The van der Waals surface area contributed by atoms with Crippen LogP contribution in [0.25, 0.3) is 0 Å². The van der Waals surface area contributed by atoms with E-state index in [9.17, 15) is 9.59 Å². The Morgan fingerprint density at radius 1 is 1.04 bits per heavy atom. The first-order valence-electron chi connectivity index (χ1n) is 8.91. The van der Waals surface area contributed by atoms with Crippen molar-refractivity contribution < 1.29 is 9.59 Å². The largest absolute Gasteiger partial charge is 0.355 e. The average molecular weight is 464 g/mol. The highest BCUT2D eigenvalue weighted by molar-refractivity contribution is 14.1. The molecule has 0 bridgehead atoms. The Kier molecular flexibility index (Phi) is 8.61. The van der Waals surface area contributed by atoms with E-state index in [2.05, 4.69) is 34.8 Å². The fraction of sp³-hybridized carbons (Fsp3) is 0.333. The molecule has 0 aromatic heterocycles. The van der Waals surface area contributed by atoms with E-state index < -0.39 is 0 Å². The Morgan fingerprint density at radius 3 is 2.46 bits per heavy atom. The Bertz CT molecular complexity index is 719. The van der Waals surface area contributed by atoms with Gasteiger partial charge in [0.05, 0.1) is 13.0 Å². The van der Waals surface area contributed by atoms with Crippen LogP contribution in [0.15, 0.2) is 54.6 Å². The number of unbranched alkanes of at least 4 members (excludes halogenated alkanes) is 1. The molecule has 2 aromatic rings. The summed E-state index contributed by atoms with van der Waals surface area (Å²) in [5.41, 5.74) is 1.98. The van der Waals surface area contributed by atoms with Crippen molar-refractivity contribution in [3.05, 3.63) is 69.3 Å². The van der Waals surface area contributed by atoms with Gasteiger partial charge < -0.3 is 10.2 Å². The monoisotopic (exact) mass is 464 g/mol. The minimum Gasteiger partial charge on any atom is -0.355 e. The van der Waals surface area contributed by atoms with Gasteiger partial charge in [-0.1, -0.05) is 55.8 Å². The van der Waals surface area contributed by atoms with Crippen molar-refractivity contribution in [2.24, 2.45) is 0 Å². The van der Waals surface area contributed by atoms with Gasteiger partial charge in [-0.25, -0.2) is 0 Å². The molecule has 2 amide bonds. The van der Waals surface area contributed by atoms with E-state index in [1.165, 1.54) is 0 Å². The molecule has 2 aromatic carbocycles. The molecule has 0 spiro atoms. The predicted octanol–water partition coefficient (Wildman–Crippen LogP) is 3.78. The molecule has 138 valence electrons. The zero-order valence-corrected chi connectivity index (χ0v) is 17.2. The van der Waals surface area contributed by atoms with Crippen LogP contribution in [0.3, 0.4) is 0 Å². The second-order valence-electron chi connectivity index (χ2n) is 6.25. The van der Waals surface area contributed by atoms with Crippen LogP contribution < -0.4 is 5.32 Å².